The summed E-state index contributed by atoms with van der Waals surface area (Å²) in [6, 6.07) is 24.8. The van der Waals surface area contributed by atoms with E-state index in [1.165, 1.54) is 48.7 Å². The van der Waals surface area contributed by atoms with Crippen molar-refractivity contribution in [2.75, 3.05) is 0 Å². The second-order valence-corrected chi connectivity index (χ2v) is 8.76. The molecule has 0 saturated heterocycles. The number of nitro benzene ring substituents is 2. The maximum Gasteiger partial charge on any atom is 0.336 e. The Kier molecular flexibility index (Phi) is 7.69. The van der Waals surface area contributed by atoms with Gasteiger partial charge in [0, 0.05) is 41.5 Å². The maximum atomic E-state index is 13.4. The van der Waals surface area contributed by atoms with Crippen molar-refractivity contribution in [2.45, 2.75) is 0 Å². The summed E-state index contributed by atoms with van der Waals surface area (Å²) in [5.41, 5.74) is 0.800. The highest BCUT2D eigenvalue weighted by molar-refractivity contribution is 5.92. The molecule has 0 aliphatic heterocycles. The van der Waals surface area contributed by atoms with Gasteiger partial charge in [0.05, 0.1) is 27.0 Å². The lowest BCUT2D eigenvalue weighted by Crippen LogP contribution is -2.20. The molecule has 0 fully saturated rings. The highest BCUT2D eigenvalue weighted by Gasteiger charge is 2.15. The molecule has 0 saturated carbocycles. The Labute approximate surface area is 236 Å². The number of carbonyl (C=O) groups is 1. The Morgan fingerprint density at radius 1 is 0.857 bits per heavy atom. The first-order valence-corrected chi connectivity index (χ1v) is 12.3. The number of nitro groups is 2. The highest BCUT2D eigenvalue weighted by atomic mass is 16.6. The molecule has 0 spiro atoms. The minimum absolute atomic E-state index is 0.0502. The molecular weight excluding hydrogens is 542 g/mol. The molecule has 0 unspecified atom stereocenters. The number of nitrogens with zero attached hydrogens (tertiary/aromatic N) is 5. The van der Waals surface area contributed by atoms with Crippen molar-refractivity contribution in [1.29, 1.82) is 0 Å². The molecule has 5 aromatic rings. The fourth-order valence-corrected chi connectivity index (χ4v) is 3.98. The number of esters is 1. The van der Waals surface area contributed by atoms with E-state index < -0.39 is 21.4 Å². The number of para-hydroxylation sites is 1. The third-order valence-electron chi connectivity index (χ3n) is 6.03. The zero-order valence-corrected chi connectivity index (χ0v) is 21.6. The minimum atomic E-state index is -0.814. The molecule has 42 heavy (non-hydrogen) atoms. The van der Waals surface area contributed by atoms with Crippen LogP contribution in [0, 0.1) is 20.2 Å². The zero-order valence-electron chi connectivity index (χ0n) is 21.6. The average molecular weight is 562 g/mol. The molecular formula is C30H19N5O7. The summed E-state index contributed by atoms with van der Waals surface area (Å²) in [6.07, 6.45) is 3.69. The number of non-ortho nitro benzene ring substituents is 2. The van der Waals surface area contributed by atoms with Gasteiger partial charge in [-0.15, -0.1) is 0 Å². The lowest BCUT2D eigenvalue weighted by Gasteiger charge is -2.10. The normalized spacial score (nSPS) is 11.2. The minimum Gasteiger partial charge on any atom is -0.423 e. The summed E-state index contributed by atoms with van der Waals surface area (Å²) in [5, 5.41) is 26.9. The molecule has 0 N–H and O–H groups in total. The molecule has 5 rings (SSSR count). The van der Waals surface area contributed by atoms with Crippen LogP contribution < -0.4 is 10.3 Å². The molecule has 1 heterocycles. The Bertz CT molecular complexity index is 1950. The topological polar surface area (TPSA) is 160 Å². The Morgan fingerprint density at radius 2 is 1.52 bits per heavy atom. The van der Waals surface area contributed by atoms with E-state index in [0.717, 1.165) is 16.8 Å². The van der Waals surface area contributed by atoms with Gasteiger partial charge in [0.1, 0.15) is 5.75 Å². The molecule has 12 heteroatoms. The van der Waals surface area contributed by atoms with Crippen molar-refractivity contribution in [3.63, 3.8) is 0 Å². The van der Waals surface area contributed by atoms with E-state index in [2.05, 4.69) is 10.1 Å². The third kappa shape index (κ3) is 5.97. The predicted octanol–water partition coefficient (Wildman–Crippen LogP) is 5.38. The van der Waals surface area contributed by atoms with Crippen LogP contribution in [0.1, 0.15) is 11.1 Å². The van der Waals surface area contributed by atoms with E-state index >= 15 is 0 Å². The number of ether oxygens (including phenoxy) is 1. The van der Waals surface area contributed by atoms with Crippen LogP contribution in [-0.2, 0) is 4.79 Å². The number of rotatable bonds is 8. The van der Waals surface area contributed by atoms with Crippen LogP contribution in [0.5, 0.6) is 5.75 Å². The van der Waals surface area contributed by atoms with Crippen molar-refractivity contribution in [2.24, 2.45) is 5.10 Å². The first-order valence-electron chi connectivity index (χ1n) is 12.3. The first-order chi connectivity index (χ1) is 20.3. The van der Waals surface area contributed by atoms with Crippen LogP contribution in [0.25, 0.3) is 28.4 Å². The van der Waals surface area contributed by atoms with Crippen LogP contribution >= 0.6 is 0 Å². The van der Waals surface area contributed by atoms with Gasteiger partial charge in [0.15, 0.2) is 5.82 Å². The fraction of sp³-hybridized carbons (Fsp3) is 0. The molecule has 206 valence electrons. The van der Waals surface area contributed by atoms with Gasteiger partial charge in [-0.05, 0) is 42.0 Å². The number of hydrogen-bond donors (Lipinski definition) is 0. The Balaban J connectivity index is 1.51. The Hall–Kier alpha value is -6.30. The molecule has 1 aromatic heterocycles. The van der Waals surface area contributed by atoms with Crippen LogP contribution in [0.4, 0.5) is 11.4 Å². The second kappa shape index (κ2) is 11.8. The van der Waals surface area contributed by atoms with Gasteiger partial charge in [-0.3, -0.25) is 25.0 Å². The summed E-state index contributed by atoms with van der Waals surface area (Å²) in [4.78, 5) is 51.8. The maximum absolute atomic E-state index is 13.4. The second-order valence-electron chi connectivity index (χ2n) is 8.76. The van der Waals surface area contributed by atoms with Crippen molar-refractivity contribution in [3.8, 4) is 17.1 Å². The van der Waals surface area contributed by atoms with E-state index in [1.54, 1.807) is 48.5 Å². The average Bonchev–Trinajstić information content (AvgIpc) is 3.00. The lowest BCUT2D eigenvalue weighted by atomic mass is 10.2. The molecule has 0 amide bonds. The van der Waals surface area contributed by atoms with Crippen molar-refractivity contribution in [3.05, 3.63) is 145 Å². The summed E-state index contributed by atoms with van der Waals surface area (Å²) in [5.74, 6) is -0.623. The number of hydrogen-bond acceptors (Lipinski definition) is 9. The van der Waals surface area contributed by atoms with Gasteiger partial charge in [0.25, 0.3) is 16.9 Å². The fourth-order valence-electron chi connectivity index (χ4n) is 3.98. The van der Waals surface area contributed by atoms with Gasteiger partial charge in [-0.1, -0.05) is 42.5 Å². The highest BCUT2D eigenvalue weighted by Crippen LogP contribution is 2.24. The molecule has 12 nitrogen and oxygen atoms in total. The number of aromatic nitrogens is 2. The van der Waals surface area contributed by atoms with E-state index in [0.29, 0.717) is 22.0 Å². The van der Waals surface area contributed by atoms with Crippen LogP contribution in [0.3, 0.4) is 0 Å². The van der Waals surface area contributed by atoms with Gasteiger partial charge in [0.2, 0.25) is 0 Å². The van der Waals surface area contributed by atoms with Crippen molar-refractivity contribution in [1.82, 2.24) is 9.66 Å². The quantitative estimate of drug-likeness (QED) is 0.0609. The van der Waals surface area contributed by atoms with Crippen molar-refractivity contribution < 1.29 is 19.4 Å². The molecule has 4 aromatic carbocycles. The zero-order chi connectivity index (χ0) is 29.6. The molecule has 0 bridgehead atoms. The smallest absolute Gasteiger partial charge is 0.336 e. The van der Waals surface area contributed by atoms with Crippen LogP contribution in [-0.4, -0.2) is 31.7 Å². The monoisotopic (exact) mass is 561 g/mol. The summed E-state index contributed by atoms with van der Waals surface area (Å²) >= 11 is 0. The molecule has 0 radical (unpaired) electrons. The molecule has 0 atom stereocenters. The lowest BCUT2D eigenvalue weighted by molar-refractivity contribution is -0.385. The van der Waals surface area contributed by atoms with Crippen LogP contribution in [0.15, 0.2) is 113 Å². The predicted molar refractivity (Wildman–Crippen MR) is 155 cm³/mol. The standard InChI is InChI=1S/C30H19N5O7/c36-28(17-12-20-10-13-23(14-11-20)34(38)39)42-27-16-15-24(35(40)41)18-22(27)19-31-33-29(21-6-2-1-3-7-21)32-26-9-5-4-8-25(26)30(33)37/h1-19H/b17-12+,31-19?. The molecule has 0 aliphatic carbocycles. The van der Waals surface area contributed by atoms with E-state index in [9.17, 15) is 29.8 Å². The number of benzene rings is 4. The molecule has 0 aliphatic rings. The van der Waals surface area contributed by atoms with E-state index in [4.69, 9.17) is 4.74 Å². The largest absolute Gasteiger partial charge is 0.423 e. The van der Waals surface area contributed by atoms with Gasteiger partial charge >= 0.3 is 5.97 Å². The number of fused-ring (bicyclic) bond motifs is 1. The van der Waals surface area contributed by atoms with Crippen molar-refractivity contribution >= 4 is 40.5 Å². The summed E-state index contributed by atoms with van der Waals surface area (Å²) in [6.45, 7) is 0. The van der Waals surface area contributed by atoms with Gasteiger partial charge in [-0.2, -0.15) is 9.78 Å². The van der Waals surface area contributed by atoms with E-state index in [1.807, 2.05) is 6.07 Å². The Morgan fingerprint density at radius 3 is 2.24 bits per heavy atom. The van der Waals surface area contributed by atoms with Gasteiger partial charge < -0.3 is 4.74 Å². The first kappa shape index (κ1) is 27.3. The summed E-state index contributed by atoms with van der Waals surface area (Å²) in [7, 11) is 0. The van der Waals surface area contributed by atoms with E-state index in [-0.39, 0.29) is 28.5 Å². The third-order valence-corrected chi connectivity index (χ3v) is 6.03. The summed E-state index contributed by atoms with van der Waals surface area (Å²) < 4.78 is 6.50. The van der Waals surface area contributed by atoms with Gasteiger partial charge in [-0.25, -0.2) is 9.78 Å². The van der Waals surface area contributed by atoms with Crippen LogP contribution in [0.2, 0.25) is 0 Å². The SMILES string of the molecule is O=C(/C=C/c1ccc([N+](=O)[O-])cc1)Oc1ccc([N+](=O)[O-])cc1C=Nn1c(-c2ccccc2)nc2ccccc2c1=O. The number of carbonyl (C=O) groups excluding carboxylic acids is 1.